The van der Waals surface area contributed by atoms with E-state index in [4.69, 9.17) is 4.74 Å². The van der Waals surface area contributed by atoms with Gasteiger partial charge in [0, 0.05) is 53.8 Å². The van der Waals surface area contributed by atoms with Crippen LogP contribution in [0.25, 0.3) is 28.0 Å². The molecule has 0 aliphatic carbocycles. The molecule has 2 aromatic carbocycles. The van der Waals surface area contributed by atoms with Gasteiger partial charge in [0.05, 0.1) is 18.7 Å². The van der Waals surface area contributed by atoms with Gasteiger partial charge in [0.2, 0.25) is 0 Å². The van der Waals surface area contributed by atoms with Gasteiger partial charge in [0.25, 0.3) is 11.9 Å². The molecule has 0 radical (unpaired) electrons. The summed E-state index contributed by atoms with van der Waals surface area (Å²) in [6, 6.07) is 11.0. The first-order chi connectivity index (χ1) is 16.3. The maximum absolute atomic E-state index is 14.1. The summed E-state index contributed by atoms with van der Waals surface area (Å²) >= 11 is 0. The lowest BCUT2D eigenvalue weighted by Gasteiger charge is -2.26. The Morgan fingerprint density at radius 2 is 1.76 bits per heavy atom. The average Bonchev–Trinajstić information content (AvgIpc) is 3.24. The SMILES string of the molecule is CS(=O)(=O)c1nn(-c2ncc(-c3ccccc3F)cn2)c2cc(C(=O)N3CCOCC3)ccc12. The Hall–Kier alpha value is -3.70. The second-order valence-electron chi connectivity index (χ2n) is 7.88. The Morgan fingerprint density at radius 1 is 1.06 bits per heavy atom. The van der Waals surface area contributed by atoms with Crippen LogP contribution in [0.3, 0.4) is 0 Å². The highest BCUT2D eigenvalue weighted by Crippen LogP contribution is 2.27. The zero-order valence-corrected chi connectivity index (χ0v) is 19.0. The van der Waals surface area contributed by atoms with E-state index in [1.807, 2.05) is 0 Å². The number of carbonyl (C=O) groups excluding carboxylic acids is 1. The smallest absolute Gasteiger partial charge is 0.254 e. The van der Waals surface area contributed by atoms with Gasteiger partial charge in [0.1, 0.15) is 5.82 Å². The normalized spacial score (nSPS) is 14.5. The van der Waals surface area contributed by atoms with Crippen molar-refractivity contribution >= 4 is 26.6 Å². The first kappa shape index (κ1) is 22.1. The van der Waals surface area contributed by atoms with Crippen molar-refractivity contribution in [3.05, 3.63) is 66.2 Å². The molecule has 1 amide bonds. The number of amides is 1. The Kier molecular flexibility index (Phi) is 5.58. The third-order valence-corrected chi connectivity index (χ3v) is 6.56. The molecule has 5 rings (SSSR count). The van der Waals surface area contributed by atoms with Gasteiger partial charge in [-0.05, 0) is 24.3 Å². The number of ether oxygens (including phenoxy) is 1. The molecule has 1 saturated heterocycles. The molecular formula is C23H20FN5O4S. The van der Waals surface area contributed by atoms with E-state index in [1.165, 1.54) is 23.1 Å². The number of sulfone groups is 1. The van der Waals surface area contributed by atoms with Gasteiger partial charge in [-0.15, -0.1) is 0 Å². The van der Waals surface area contributed by atoms with Gasteiger partial charge in [-0.3, -0.25) is 4.79 Å². The van der Waals surface area contributed by atoms with Crippen molar-refractivity contribution in [3.8, 4) is 17.1 Å². The number of aromatic nitrogens is 4. The fourth-order valence-corrected chi connectivity index (χ4v) is 4.66. The Labute approximate surface area is 194 Å². The van der Waals surface area contributed by atoms with Crippen molar-refractivity contribution in [2.24, 2.45) is 0 Å². The summed E-state index contributed by atoms with van der Waals surface area (Å²) in [6.45, 7) is 1.88. The summed E-state index contributed by atoms with van der Waals surface area (Å²) in [6.07, 6.45) is 3.95. The average molecular weight is 482 g/mol. The molecule has 2 aromatic heterocycles. The lowest BCUT2D eigenvalue weighted by atomic mass is 10.1. The lowest BCUT2D eigenvalue weighted by Crippen LogP contribution is -2.40. The summed E-state index contributed by atoms with van der Waals surface area (Å²) in [5.41, 5.74) is 1.57. The molecule has 0 unspecified atom stereocenters. The van der Waals surface area contributed by atoms with E-state index < -0.39 is 15.7 Å². The number of hydrogen-bond acceptors (Lipinski definition) is 7. The quantitative estimate of drug-likeness (QED) is 0.441. The number of nitrogens with zero attached hydrogens (tertiary/aromatic N) is 5. The zero-order chi connectivity index (χ0) is 23.9. The van der Waals surface area contributed by atoms with Crippen LogP contribution in [0.4, 0.5) is 4.39 Å². The number of hydrogen-bond donors (Lipinski definition) is 0. The van der Waals surface area contributed by atoms with E-state index in [0.29, 0.717) is 53.9 Å². The Balaban J connectivity index is 1.61. The maximum Gasteiger partial charge on any atom is 0.254 e. The minimum atomic E-state index is -3.68. The molecule has 9 nitrogen and oxygen atoms in total. The Morgan fingerprint density at radius 3 is 2.44 bits per heavy atom. The molecule has 0 bridgehead atoms. The van der Waals surface area contributed by atoms with Gasteiger partial charge in [-0.1, -0.05) is 18.2 Å². The number of halogens is 1. The molecule has 174 valence electrons. The Bertz CT molecular complexity index is 1500. The zero-order valence-electron chi connectivity index (χ0n) is 18.2. The van der Waals surface area contributed by atoms with Gasteiger partial charge >= 0.3 is 0 Å². The molecule has 4 aromatic rings. The van der Waals surface area contributed by atoms with Crippen LogP contribution in [-0.4, -0.2) is 71.5 Å². The number of rotatable bonds is 4. The summed E-state index contributed by atoms with van der Waals surface area (Å²) in [5.74, 6) is -0.500. The highest BCUT2D eigenvalue weighted by Gasteiger charge is 2.24. The van der Waals surface area contributed by atoms with E-state index in [1.54, 1.807) is 41.3 Å². The molecule has 1 aliphatic rings. The van der Waals surface area contributed by atoms with Crippen LogP contribution in [0, 0.1) is 5.82 Å². The molecule has 11 heteroatoms. The first-order valence-electron chi connectivity index (χ1n) is 10.5. The summed E-state index contributed by atoms with van der Waals surface area (Å²) in [4.78, 5) is 23.3. The molecule has 0 N–H and O–H groups in total. The van der Waals surface area contributed by atoms with Crippen LogP contribution in [0.15, 0.2) is 59.9 Å². The topological polar surface area (TPSA) is 107 Å². The molecule has 34 heavy (non-hydrogen) atoms. The number of carbonyl (C=O) groups is 1. The minimum Gasteiger partial charge on any atom is -0.378 e. The van der Waals surface area contributed by atoms with E-state index in [2.05, 4.69) is 15.1 Å². The number of morpholine rings is 1. The van der Waals surface area contributed by atoms with Crippen molar-refractivity contribution in [1.29, 1.82) is 0 Å². The van der Waals surface area contributed by atoms with Crippen molar-refractivity contribution in [2.45, 2.75) is 5.03 Å². The highest BCUT2D eigenvalue weighted by atomic mass is 32.2. The summed E-state index contributed by atoms with van der Waals surface area (Å²) in [5, 5.41) is 4.45. The van der Waals surface area contributed by atoms with Crippen molar-refractivity contribution in [3.63, 3.8) is 0 Å². The van der Waals surface area contributed by atoms with Gasteiger partial charge < -0.3 is 9.64 Å². The van der Waals surface area contributed by atoms with Crippen LogP contribution in [-0.2, 0) is 14.6 Å². The summed E-state index contributed by atoms with van der Waals surface area (Å²) in [7, 11) is -3.68. The predicted molar refractivity (Wildman–Crippen MR) is 122 cm³/mol. The minimum absolute atomic E-state index is 0.0935. The van der Waals surface area contributed by atoms with Gasteiger partial charge in [-0.25, -0.2) is 22.8 Å². The predicted octanol–water partition coefficient (Wildman–Crippen LogP) is 2.50. The van der Waals surface area contributed by atoms with Crippen LogP contribution < -0.4 is 0 Å². The van der Waals surface area contributed by atoms with Crippen LogP contribution in [0.5, 0.6) is 0 Å². The molecule has 3 heterocycles. The molecule has 0 spiro atoms. The van der Waals surface area contributed by atoms with Gasteiger partial charge in [0.15, 0.2) is 14.9 Å². The second-order valence-corrected chi connectivity index (χ2v) is 9.81. The largest absolute Gasteiger partial charge is 0.378 e. The number of fused-ring (bicyclic) bond motifs is 1. The first-order valence-corrected chi connectivity index (χ1v) is 12.4. The fraction of sp³-hybridized carbons (Fsp3) is 0.217. The van der Waals surface area contributed by atoms with E-state index in [0.717, 1.165) is 6.26 Å². The van der Waals surface area contributed by atoms with Crippen LogP contribution >= 0.6 is 0 Å². The third-order valence-electron chi connectivity index (χ3n) is 5.56. The van der Waals surface area contributed by atoms with Crippen molar-refractivity contribution < 1.29 is 22.3 Å². The van der Waals surface area contributed by atoms with E-state index >= 15 is 0 Å². The maximum atomic E-state index is 14.1. The highest BCUT2D eigenvalue weighted by molar-refractivity contribution is 7.90. The molecular weight excluding hydrogens is 461 g/mol. The number of benzene rings is 2. The monoisotopic (exact) mass is 481 g/mol. The van der Waals surface area contributed by atoms with Crippen LogP contribution in [0.2, 0.25) is 0 Å². The van der Waals surface area contributed by atoms with Crippen LogP contribution in [0.1, 0.15) is 10.4 Å². The summed E-state index contributed by atoms with van der Waals surface area (Å²) < 4.78 is 45.5. The lowest BCUT2D eigenvalue weighted by molar-refractivity contribution is 0.0303. The van der Waals surface area contributed by atoms with E-state index in [-0.39, 0.29) is 16.9 Å². The molecule has 1 aliphatic heterocycles. The van der Waals surface area contributed by atoms with Crippen molar-refractivity contribution in [2.75, 3.05) is 32.6 Å². The van der Waals surface area contributed by atoms with E-state index in [9.17, 15) is 17.6 Å². The fourth-order valence-electron chi connectivity index (χ4n) is 3.86. The second kappa shape index (κ2) is 8.58. The van der Waals surface area contributed by atoms with Crippen molar-refractivity contribution in [1.82, 2.24) is 24.6 Å². The molecule has 0 atom stereocenters. The third kappa shape index (κ3) is 4.03. The molecule has 1 fully saturated rings. The molecule has 0 saturated carbocycles. The van der Waals surface area contributed by atoms with Gasteiger partial charge in [-0.2, -0.15) is 9.78 Å². The standard InChI is InChI=1S/C23H20FN5O4S/c1-34(31,32)21-18-7-6-15(22(30)28-8-10-33-11-9-28)12-20(18)29(27-21)23-25-13-16(14-26-23)17-4-2-3-5-19(17)24/h2-7,12-14H,8-11H2,1H3.